The number of benzene rings is 1. The van der Waals surface area contributed by atoms with Gasteiger partial charge in [-0.15, -0.1) is 21.5 Å². The van der Waals surface area contributed by atoms with Gasteiger partial charge in [-0.3, -0.25) is 0 Å². The van der Waals surface area contributed by atoms with E-state index in [9.17, 15) is 0 Å². The summed E-state index contributed by atoms with van der Waals surface area (Å²) in [4.78, 5) is 5.33. The van der Waals surface area contributed by atoms with E-state index in [1.54, 1.807) is 11.3 Å². The van der Waals surface area contributed by atoms with Crippen LogP contribution in [0.3, 0.4) is 0 Å². The lowest BCUT2D eigenvalue weighted by atomic mass is 9.87. The SMILES string of the molecule is CC(C)(C)c1ccc(OCc2nnc(SCc3noc(-c4cccs4)n3)n2N)cc1. The van der Waals surface area contributed by atoms with Gasteiger partial charge in [0.2, 0.25) is 5.16 Å². The molecule has 0 spiro atoms. The standard InChI is InChI=1S/C20H22N6O2S2/c1-20(2,3)13-6-8-14(9-7-13)27-11-17-23-24-19(26(17)21)30-12-16-22-18(28-25-16)15-5-4-10-29-15/h4-10H,11-12,21H2,1-3H3. The van der Waals surface area contributed by atoms with Gasteiger partial charge in [0, 0.05) is 0 Å². The van der Waals surface area contributed by atoms with Gasteiger partial charge in [0.1, 0.15) is 12.4 Å². The highest BCUT2D eigenvalue weighted by atomic mass is 32.2. The van der Waals surface area contributed by atoms with Gasteiger partial charge in [0.05, 0.1) is 10.6 Å². The molecule has 1 aromatic carbocycles. The molecule has 0 saturated carbocycles. The van der Waals surface area contributed by atoms with E-state index in [0.29, 0.717) is 28.4 Å². The maximum atomic E-state index is 6.12. The molecule has 0 amide bonds. The molecule has 30 heavy (non-hydrogen) atoms. The minimum atomic E-state index is 0.103. The van der Waals surface area contributed by atoms with Crippen molar-refractivity contribution in [1.29, 1.82) is 0 Å². The van der Waals surface area contributed by atoms with Crippen LogP contribution in [0.4, 0.5) is 0 Å². The molecular weight excluding hydrogens is 420 g/mol. The molecular formula is C20H22N6O2S2. The number of nitrogens with two attached hydrogens (primary N) is 1. The number of hydrogen-bond acceptors (Lipinski definition) is 9. The predicted octanol–water partition coefficient (Wildman–Crippen LogP) is 4.27. The number of nitrogens with zero attached hydrogens (tertiary/aromatic N) is 5. The number of rotatable bonds is 7. The van der Waals surface area contributed by atoms with Crippen LogP contribution in [0.5, 0.6) is 5.75 Å². The Morgan fingerprint density at radius 1 is 1.17 bits per heavy atom. The van der Waals surface area contributed by atoms with Crippen LogP contribution >= 0.6 is 23.1 Å². The van der Waals surface area contributed by atoms with E-state index in [4.69, 9.17) is 15.1 Å². The highest BCUT2D eigenvalue weighted by Gasteiger charge is 2.15. The molecule has 2 N–H and O–H groups in total. The Morgan fingerprint density at radius 3 is 2.67 bits per heavy atom. The summed E-state index contributed by atoms with van der Waals surface area (Å²) in [7, 11) is 0. The van der Waals surface area contributed by atoms with Crippen molar-refractivity contribution in [2.45, 2.75) is 43.7 Å². The van der Waals surface area contributed by atoms with Crippen LogP contribution in [0, 0.1) is 0 Å². The van der Waals surface area contributed by atoms with E-state index in [0.717, 1.165) is 10.6 Å². The molecule has 4 aromatic rings. The molecule has 3 heterocycles. The minimum absolute atomic E-state index is 0.103. The van der Waals surface area contributed by atoms with Gasteiger partial charge in [0.25, 0.3) is 5.89 Å². The second-order valence-corrected chi connectivity index (χ2v) is 9.50. The lowest BCUT2D eigenvalue weighted by Crippen LogP contribution is -2.16. The van der Waals surface area contributed by atoms with E-state index in [2.05, 4.69) is 53.2 Å². The summed E-state index contributed by atoms with van der Waals surface area (Å²) in [5, 5.41) is 14.8. The van der Waals surface area contributed by atoms with E-state index in [1.165, 1.54) is 22.0 Å². The summed E-state index contributed by atoms with van der Waals surface area (Å²) >= 11 is 2.94. The first-order valence-electron chi connectivity index (χ1n) is 9.32. The number of thiophene rings is 1. The second-order valence-electron chi connectivity index (χ2n) is 7.61. The molecule has 0 unspecified atom stereocenters. The molecule has 0 atom stereocenters. The first-order valence-corrected chi connectivity index (χ1v) is 11.2. The van der Waals surface area contributed by atoms with E-state index in [1.807, 2.05) is 29.6 Å². The van der Waals surface area contributed by atoms with Crippen molar-refractivity contribution in [3.05, 3.63) is 59.0 Å². The van der Waals surface area contributed by atoms with Crippen molar-refractivity contribution in [2.24, 2.45) is 0 Å². The molecule has 10 heteroatoms. The average molecular weight is 443 g/mol. The lowest BCUT2D eigenvalue weighted by Gasteiger charge is -2.19. The van der Waals surface area contributed by atoms with Crippen molar-refractivity contribution < 1.29 is 9.26 Å². The fourth-order valence-electron chi connectivity index (χ4n) is 2.65. The maximum Gasteiger partial charge on any atom is 0.268 e. The Hall–Kier alpha value is -2.85. The Morgan fingerprint density at radius 2 is 1.97 bits per heavy atom. The molecule has 0 fully saturated rings. The Labute approximate surface area is 182 Å². The monoisotopic (exact) mass is 442 g/mol. The minimum Gasteiger partial charge on any atom is -0.486 e. The number of hydrogen-bond donors (Lipinski definition) is 1. The summed E-state index contributed by atoms with van der Waals surface area (Å²) in [5.74, 6) is 8.97. The van der Waals surface area contributed by atoms with Gasteiger partial charge in [-0.25, -0.2) is 4.68 Å². The molecule has 0 radical (unpaired) electrons. The fraction of sp³-hybridized carbons (Fsp3) is 0.300. The van der Waals surface area contributed by atoms with Crippen LogP contribution in [0.25, 0.3) is 10.8 Å². The third-order valence-corrected chi connectivity index (χ3v) is 6.15. The molecule has 0 saturated heterocycles. The number of ether oxygens (including phenoxy) is 1. The molecule has 0 aliphatic rings. The highest BCUT2D eigenvalue weighted by Crippen LogP contribution is 2.26. The summed E-state index contributed by atoms with van der Waals surface area (Å²) in [6.07, 6.45) is 0. The first-order chi connectivity index (χ1) is 14.4. The van der Waals surface area contributed by atoms with Crippen molar-refractivity contribution >= 4 is 23.1 Å². The van der Waals surface area contributed by atoms with Gasteiger partial charge in [-0.2, -0.15) is 4.98 Å². The van der Waals surface area contributed by atoms with E-state index in [-0.39, 0.29) is 12.0 Å². The summed E-state index contributed by atoms with van der Waals surface area (Å²) in [6, 6.07) is 11.9. The number of nitrogen functional groups attached to an aromatic ring is 1. The summed E-state index contributed by atoms with van der Waals surface area (Å²) in [5.41, 5.74) is 1.35. The molecule has 0 aliphatic carbocycles. The van der Waals surface area contributed by atoms with Crippen LogP contribution < -0.4 is 10.6 Å². The van der Waals surface area contributed by atoms with E-state index >= 15 is 0 Å². The lowest BCUT2D eigenvalue weighted by molar-refractivity contribution is 0.291. The third-order valence-electron chi connectivity index (χ3n) is 4.35. The quantitative estimate of drug-likeness (QED) is 0.334. The van der Waals surface area contributed by atoms with Crippen LogP contribution in [-0.2, 0) is 17.8 Å². The van der Waals surface area contributed by atoms with Gasteiger partial charge < -0.3 is 15.1 Å². The number of aromatic nitrogens is 5. The molecule has 0 aliphatic heterocycles. The zero-order valence-corrected chi connectivity index (χ0v) is 18.5. The highest BCUT2D eigenvalue weighted by molar-refractivity contribution is 7.98. The van der Waals surface area contributed by atoms with Crippen molar-refractivity contribution in [1.82, 2.24) is 25.0 Å². The largest absolute Gasteiger partial charge is 0.486 e. The van der Waals surface area contributed by atoms with Crippen LogP contribution in [-0.4, -0.2) is 25.0 Å². The molecule has 8 nitrogen and oxygen atoms in total. The van der Waals surface area contributed by atoms with Crippen LogP contribution in [0.2, 0.25) is 0 Å². The fourth-order valence-corrected chi connectivity index (χ4v) is 4.01. The van der Waals surface area contributed by atoms with Crippen molar-refractivity contribution in [3.8, 4) is 16.5 Å². The Bertz CT molecular complexity index is 1100. The van der Waals surface area contributed by atoms with Crippen LogP contribution in [0.15, 0.2) is 51.5 Å². The van der Waals surface area contributed by atoms with Gasteiger partial charge in [-0.1, -0.05) is 55.9 Å². The topological polar surface area (TPSA) is 105 Å². The Kier molecular flexibility index (Phi) is 5.78. The zero-order chi connectivity index (χ0) is 21.1. The van der Waals surface area contributed by atoms with Crippen LogP contribution in [0.1, 0.15) is 38.0 Å². The molecule has 0 bridgehead atoms. The van der Waals surface area contributed by atoms with Crippen molar-refractivity contribution in [3.63, 3.8) is 0 Å². The number of thioether (sulfide) groups is 1. The third kappa shape index (κ3) is 4.65. The van der Waals surface area contributed by atoms with Gasteiger partial charge >= 0.3 is 0 Å². The first kappa shape index (κ1) is 20.4. The predicted molar refractivity (Wildman–Crippen MR) is 117 cm³/mol. The average Bonchev–Trinajstić information content (AvgIpc) is 3.46. The maximum absolute atomic E-state index is 6.12. The summed E-state index contributed by atoms with van der Waals surface area (Å²) < 4.78 is 12.5. The van der Waals surface area contributed by atoms with E-state index < -0.39 is 0 Å². The smallest absolute Gasteiger partial charge is 0.268 e. The molecule has 3 aromatic heterocycles. The second kappa shape index (κ2) is 8.49. The summed E-state index contributed by atoms with van der Waals surface area (Å²) in [6.45, 7) is 6.76. The Balaban J connectivity index is 1.33. The van der Waals surface area contributed by atoms with Gasteiger partial charge in [-0.05, 0) is 34.6 Å². The van der Waals surface area contributed by atoms with Crippen molar-refractivity contribution in [2.75, 3.05) is 5.84 Å². The molecule has 156 valence electrons. The normalized spacial score (nSPS) is 11.7. The van der Waals surface area contributed by atoms with Gasteiger partial charge in [0.15, 0.2) is 11.6 Å². The zero-order valence-electron chi connectivity index (χ0n) is 16.9. The molecule has 4 rings (SSSR count).